The molecule has 2 aromatic rings. The Hall–Kier alpha value is -2.49. The van der Waals surface area contributed by atoms with Gasteiger partial charge >= 0.3 is 0 Å². The van der Waals surface area contributed by atoms with E-state index in [2.05, 4.69) is 6.07 Å². The number of hydrogen-bond acceptors (Lipinski definition) is 3. The summed E-state index contributed by atoms with van der Waals surface area (Å²) in [5, 5.41) is 0. The number of rotatable bonds is 6. The van der Waals surface area contributed by atoms with E-state index >= 15 is 0 Å². The van der Waals surface area contributed by atoms with Gasteiger partial charge in [0.25, 0.3) is 5.91 Å². The van der Waals surface area contributed by atoms with Crippen LogP contribution in [0.3, 0.4) is 0 Å². The molecule has 2 rings (SSSR count). The predicted octanol–water partition coefficient (Wildman–Crippen LogP) is 3.66. The SMILES string of the molecule is COc1ccc(CN(C)C(=O)COc2cc(C)cc(C)c2C)cc1. The van der Waals surface area contributed by atoms with Crippen LogP contribution in [0.25, 0.3) is 0 Å². The summed E-state index contributed by atoms with van der Waals surface area (Å²) in [4.78, 5) is 14.0. The molecule has 0 saturated carbocycles. The lowest BCUT2D eigenvalue weighted by molar-refractivity contribution is -0.132. The fourth-order valence-electron chi connectivity index (χ4n) is 2.49. The molecule has 0 aliphatic rings. The first-order valence-corrected chi connectivity index (χ1v) is 7.98. The third kappa shape index (κ3) is 4.51. The van der Waals surface area contributed by atoms with Gasteiger partial charge in [0.1, 0.15) is 11.5 Å². The number of ether oxygens (including phenoxy) is 2. The third-order valence-corrected chi connectivity index (χ3v) is 4.12. The number of methoxy groups -OCH3 is 1. The molecule has 0 aliphatic carbocycles. The Kier molecular flexibility index (Phi) is 5.85. The van der Waals surface area contributed by atoms with Gasteiger partial charge in [0, 0.05) is 13.6 Å². The molecule has 4 nitrogen and oxygen atoms in total. The van der Waals surface area contributed by atoms with Crippen LogP contribution in [0, 0.1) is 20.8 Å². The van der Waals surface area contributed by atoms with Gasteiger partial charge in [-0.05, 0) is 61.2 Å². The van der Waals surface area contributed by atoms with Crippen molar-refractivity contribution in [1.29, 1.82) is 0 Å². The van der Waals surface area contributed by atoms with Crippen molar-refractivity contribution < 1.29 is 14.3 Å². The van der Waals surface area contributed by atoms with E-state index in [1.165, 1.54) is 5.56 Å². The first kappa shape index (κ1) is 17.9. The van der Waals surface area contributed by atoms with Crippen molar-refractivity contribution in [3.8, 4) is 11.5 Å². The largest absolute Gasteiger partial charge is 0.497 e. The van der Waals surface area contributed by atoms with Crippen LogP contribution in [0.2, 0.25) is 0 Å². The molecule has 0 unspecified atom stereocenters. The van der Waals surface area contributed by atoms with E-state index in [1.54, 1.807) is 19.1 Å². The van der Waals surface area contributed by atoms with E-state index in [0.717, 1.165) is 28.2 Å². The molecule has 0 aliphatic heterocycles. The van der Waals surface area contributed by atoms with E-state index in [1.807, 2.05) is 51.1 Å². The maximum Gasteiger partial charge on any atom is 0.260 e. The lowest BCUT2D eigenvalue weighted by Gasteiger charge is -2.19. The smallest absolute Gasteiger partial charge is 0.260 e. The van der Waals surface area contributed by atoms with E-state index in [4.69, 9.17) is 9.47 Å². The molecule has 0 N–H and O–H groups in total. The van der Waals surface area contributed by atoms with Crippen LogP contribution in [0.1, 0.15) is 22.3 Å². The second-order valence-corrected chi connectivity index (χ2v) is 6.09. The summed E-state index contributed by atoms with van der Waals surface area (Å²) in [6.07, 6.45) is 0. The van der Waals surface area contributed by atoms with E-state index in [-0.39, 0.29) is 12.5 Å². The zero-order chi connectivity index (χ0) is 17.7. The Balaban J connectivity index is 1.94. The van der Waals surface area contributed by atoms with Crippen molar-refractivity contribution in [2.24, 2.45) is 0 Å². The number of hydrogen-bond donors (Lipinski definition) is 0. The Morgan fingerprint density at radius 3 is 2.38 bits per heavy atom. The average Bonchev–Trinajstić information content (AvgIpc) is 2.57. The van der Waals surface area contributed by atoms with Crippen molar-refractivity contribution in [3.63, 3.8) is 0 Å². The summed E-state index contributed by atoms with van der Waals surface area (Å²) in [5.74, 6) is 1.53. The van der Waals surface area contributed by atoms with Crippen LogP contribution in [-0.4, -0.2) is 31.6 Å². The molecule has 0 aromatic heterocycles. The second-order valence-electron chi connectivity index (χ2n) is 6.09. The summed E-state index contributed by atoms with van der Waals surface area (Å²) >= 11 is 0. The highest BCUT2D eigenvalue weighted by Gasteiger charge is 2.12. The van der Waals surface area contributed by atoms with Gasteiger partial charge in [-0.1, -0.05) is 18.2 Å². The first-order valence-electron chi connectivity index (χ1n) is 7.98. The Morgan fingerprint density at radius 2 is 1.75 bits per heavy atom. The lowest BCUT2D eigenvalue weighted by atomic mass is 10.1. The second kappa shape index (κ2) is 7.86. The topological polar surface area (TPSA) is 38.8 Å². The van der Waals surface area contributed by atoms with Crippen molar-refractivity contribution >= 4 is 5.91 Å². The zero-order valence-electron chi connectivity index (χ0n) is 15.1. The van der Waals surface area contributed by atoms with Gasteiger partial charge < -0.3 is 14.4 Å². The summed E-state index contributed by atoms with van der Waals surface area (Å²) in [6, 6.07) is 11.8. The minimum absolute atomic E-state index is 0.0381. The van der Waals surface area contributed by atoms with Crippen LogP contribution in [-0.2, 0) is 11.3 Å². The summed E-state index contributed by atoms with van der Waals surface area (Å²) in [6.45, 7) is 6.66. The Labute approximate surface area is 144 Å². The normalized spacial score (nSPS) is 10.4. The van der Waals surface area contributed by atoms with Crippen molar-refractivity contribution in [1.82, 2.24) is 4.90 Å². The number of likely N-dealkylation sites (N-methyl/N-ethyl adjacent to an activating group) is 1. The number of carbonyl (C=O) groups excluding carboxylic acids is 1. The monoisotopic (exact) mass is 327 g/mol. The molecule has 0 radical (unpaired) electrons. The summed E-state index contributed by atoms with van der Waals surface area (Å²) in [5.41, 5.74) is 4.43. The number of carbonyl (C=O) groups is 1. The standard InChI is InChI=1S/C20H25NO3/c1-14-10-15(2)16(3)19(11-14)24-13-20(22)21(4)12-17-6-8-18(23-5)9-7-17/h6-11H,12-13H2,1-5H3. The van der Waals surface area contributed by atoms with Crippen LogP contribution < -0.4 is 9.47 Å². The Bertz CT molecular complexity index is 708. The van der Waals surface area contributed by atoms with Gasteiger partial charge in [-0.2, -0.15) is 0 Å². The number of amides is 1. The molecule has 24 heavy (non-hydrogen) atoms. The van der Waals surface area contributed by atoms with Gasteiger partial charge in [-0.25, -0.2) is 0 Å². The molecule has 4 heteroatoms. The Morgan fingerprint density at radius 1 is 1.08 bits per heavy atom. The highest BCUT2D eigenvalue weighted by atomic mass is 16.5. The zero-order valence-corrected chi connectivity index (χ0v) is 15.1. The maximum atomic E-state index is 12.3. The van der Waals surface area contributed by atoms with E-state index < -0.39 is 0 Å². The highest BCUT2D eigenvalue weighted by molar-refractivity contribution is 5.77. The number of benzene rings is 2. The molecule has 0 saturated heterocycles. The van der Waals surface area contributed by atoms with Crippen molar-refractivity contribution in [3.05, 3.63) is 58.7 Å². The molecular weight excluding hydrogens is 302 g/mol. The minimum atomic E-state index is -0.0515. The average molecular weight is 327 g/mol. The molecule has 128 valence electrons. The number of nitrogens with zero attached hydrogens (tertiary/aromatic N) is 1. The van der Waals surface area contributed by atoms with Gasteiger partial charge in [-0.3, -0.25) is 4.79 Å². The fraction of sp³-hybridized carbons (Fsp3) is 0.350. The van der Waals surface area contributed by atoms with Gasteiger partial charge in [0.2, 0.25) is 0 Å². The molecule has 0 fully saturated rings. The minimum Gasteiger partial charge on any atom is -0.497 e. The van der Waals surface area contributed by atoms with Crippen LogP contribution in [0.4, 0.5) is 0 Å². The lowest BCUT2D eigenvalue weighted by Crippen LogP contribution is -2.31. The van der Waals surface area contributed by atoms with Crippen LogP contribution in [0.15, 0.2) is 36.4 Å². The number of aryl methyl sites for hydroxylation is 2. The summed E-state index contributed by atoms with van der Waals surface area (Å²) in [7, 11) is 3.42. The van der Waals surface area contributed by atoms with Crippen molar-refractivity contribution in [2.75, 3.05) is 20.8 Å². The molecule has 0 spiro atoms. The predicted molar refractivity (Wildman–Crippen MR) is 95.6 cm³/mol. The van der Waals surface area contributed by atoms with E-state index in [0.29, 0.717) is 6.54 Å². The van der Waals surface area contributed by atoms with Crippen LogP contribution in [0.5, 0.6) is 11.5 Å². The summed E-state index contributed by atoms with van der Waals surface area (Å²) < 4.78 is 10.9. The molecular formula is C20H25NO3. The molecule has 0 heterocycles. The third-order valence-electron chi connectivity index (χ3n) is 4.12. The van der Waals surface area contributed by atoms with Gasteiger partial charge in [-0.15, -0.1) is 0 Å². The first-order chi connectivity index (χ1) is 11.4. The fourth-order valence-corrected chi connectivity index (χ4v) is 2.49. The molecule has 2 aromatic carbocycles. The highest BCUT2D eigenvalue weighted by Crippen LogP contribution is 2.23. The quantitative estimate of drug-likeness (QED) is 0.813. The van der Waals surface area contributed by atoms with E-state index in [9.17, 15) is 4.79 Å². The van der Waals surface area contributed by atoms with Crippen molar-refractivity contribution in [2.45, 2.75) is 27.3 Å². The van der Waals surface area contributed by atoms with Gasteiger partial charge in [0.05, 0.1) is 7.11 Å². The van der Waals surface area contributed by atoms with Crippen LogP contribution >= 0.6 is 0 Å². The molecule has 0 bridgehead atoms. The molecule has 0 atom stereocenters. The van der Waals surface area contributed by atoms with Gasteiger partial charge in [0.15, 0.2) is 6.61 Å². The maximum absolute atomic E-state index is 12.3. The molecule has 1 amide bonds.